The number of aromatic nitrogens is 1. The van der Waals surface area contributed by atoms with E-state index in [0.29, 0.717) is 34.2 Å². The van der Waals surface area contributed by atoms with Gasteiger partial charge in [-0.25, -0.2) is 0 Å². The highest BCUT2D eigenvalue weighted by Gasteiger charge is 2.35. The van der Waals surface area contributed by atoms with Crippen molar-refractivity contribution in [3.05, 3.63) is 68.7 Å². The number of carbonyl (C=O) groups excluding carboxylic acids is 6. The van der Waals surface area contributed by atoms with Gasteiger partial charge in [0.25, 0.3) is 5.91 Å². The number of primary amides is 1. The molecule has 3 aromatic rings. The fourth-order valence-corrected chi connectivity index (χ4v) is 6.75. The Balaban J connectivity index is 1.87. The predicted octanol–water partition coefficient (Wildman–Crippen LogP) is 1.85. The molecule has 0 spiro atoms. The largest absolute Gasteiger partial charge is 0.506 e. The number of hydrogen-bond acceptors (Lipinski definition) is 11. The molecule has 6 atom stereocenters. The number of rotatable bonds is 23. The molecule has 0 fully saturated rings. The van der Waals surface area contributed by atoms with Gasteiger partial charge in [-0.2, -0.15) is 11.3 Å². The van der Waals surface area contributed by atoms with Crippen molar-refractivity contribution in [2.75, 3.05) is 34.3 Å². The van der Waals surface area contributed by atoms with Gasteiger partial charge in [0.2, 0.25) is 29.5 Å². The monoisotopic (exact) mass is 847 g/mol. The maximum atomic E-state index is 14.2. The molecule has 0 saturated heterocycles. The second-order valence-corrected chi connectivity index (χ2v) is 16.4. The molecule has 2 aromatic heterocycles. The van der Waals surface area contributed by atoms with Crippen molar-refractivity contribution in [3.8, 4) is 5.75 Å². The molecule has 9 N–H and O–H groups in total. The number of nitrogens with two attached hydrogens (primary N) is 1. The highest BCUT2D eigenvalue weighted by molar-refractivity contribution is 7.08. The summed E-state index contributed by atoms with van der Waals surface area (Å²) in [4.78, 5) is 80.6. The van der Waals surface area contributed by atoms with Crippen molar-refractivity contribution in [2.24, 2.45) is 11.7 Å². The van der Waals surface area contributed by atoms with Crippen molar-refractivity contribution >= 4 is 58.4 Å². The van der Waals surface area contributed by atoms with E-state index in [1.54, 1.807) is 42.8 Å². The lowest BCUT2D eigenvalue weighted by Crippen LogP contribution is -2.59. The Hall–Kier alpha value is -5.04. The third-order valence-corrected chi connectivity index (χ3v) is 10.5. The zero-order valence-corrected chi connectivity index (χ0v) is 35.2. The number of thiophene rings is 1. The Labute approximate surface area is 347 Å². The van der Waals surface area contributed by atoms with Gasteiger partial charge >= 0.3 is 0 Å². The number of benzene rings is 1. The second kappa shape index (κ2) is 22.2. The van der Waals surface area contributed by atoms with Gasteiger partial charge in [0, 0.05) is 6.07 Å². The third-order valence-electron chi connectivity index (χ3n) is 9.48. The summed E-state index contributed by atoms with van der Waals surface area (Å²) in [6.07, 6.45) is 2.19. The van der Waals surface area contributed by atoms with E-state index >= 15 is 0 Å². The van der Waals surface area contributed by atoms with Gasteiger partial charge in [-0.05, 0) is 85.0 Å². The molecule has 0 bridgehead atoms. The molecule has 58 heavy (non-hydrogen) atoms. The Bertz CT molecular complexity index is 1870. The number of aryl methyl sites for hydroxylation is 2. The van der Waals surface area contributed by atoms with Crippen LogP contribution in [0.3, 0.4) is 0 Å². The van der Waals surface area contributed by atoms with Crippen LogP contribution in [-0.4, -0.2) is 114 Å². The number of phenolic OH excluding ortho intramolecular Hbond substituents is 1. The number of unbranched alkanes of at least 4 members (excludes halogenated alkanes) is 1. The van der Waals surface area contributed by atoms with Crippen LogP contribution in [0.2, 0.25) is 5.02 Å². The summed E-state index contributed by atoms with van der Waals surface area (Å²) in [5.74, 6) is -4.67. The molecule has 0 aliphatic heterocycles. The molecule has 1 aromatic carbocycles. The van der Waals surface area contributed by atoms with Gasteiger partial charge in [0.05, 0.1) is 39.3 Å². The molecule has 19 heteroatoms. The molecule has 318 valence electrons. The Morgan fingerprint density at radius 2 is 1.57 bits per heavy atom. The molecular formula is C39H56ClN8O9S+. The number of halogens is 1. The van der Waals surface area contributed by atoms with Gasteiger partial charge in [-0.15, -0.1) is 0 Å². The Morgan fingerprint density at radius 1 is 0.897 bits per heavy atom. The average Bonchev–Trinajstić information content (AvgIpc) is 3.87. The number of carbonyl (C=O) groups is 6. The van der Waals surface area contributed by atoms with Crippen LogP contribution in [0.15, 0.2) is 45.6 Å². The van der Waals surface area contributed by atoms with Crippen molar-refractivity contribution in [1.29, 1.82) is 0 Å². The van der Waals surface area contributed by atoms with Crippen molar-refractivity contribution in [3.63, 3.8) is 0 Å². The summed E-state index contributed by atoms with van der Waals surface area (Å²) in [6.45, 7) is 5.24. The van der Waals surface area contributed by atoms with Gasteiger partial charge in [-0.1, -0.05) is 43.1 Å². The minimum Gasteiger partial charge on any atom is -0.506 e. The Kier molecular flexibility index (Phi) is 18.1. The van der Waals surface area contributed by atoms with Crippen molar-refractivity contribution in [2.45, 2.75) is 89.5 Å². The van der Waals surface area contributed by atoms with Crippen LogP contribution >= 0.6 is 22.9 Å². The Morgan fingerprint density at radius 3 is 2.14 bits per heavy atom. The lowest BCUT2D eigenvalue weighted by Gasteiger charge is -2.29. The van der Waals surface area contributed by atoms with Crippen LogP contribution in [0.4, 0.5) is 0 Å². The highest BCUT2D eigenvalue weighted by atomic mass is 35.5. The standard InChI is InChI=1S/C39H55ClN8O9S/c1-7-22(2)32(38(55)43-27(10-8-9-16-48(4,5)6)35(52)44-30(20-49)34(41)51)45-39(56)33(25-15-17-58-21-25)46-36(53)28(42-37(54)29-18-23(3)57-47-29)13-11-24-12-14-31(50)26(40)19-24/h12,14-15,17-19,21-22,27-28,30,32-33,49H,7-11,13,16,20H2,1-6H3,(H7-,41,42,43,44,45,46,50,51,52,53,54,55,56)/p+1/t22-,27-,28-,30-,32?,33-/m0/s1. The quantitative estimate of drug-likeness (QED) is 0.0508. The third kappa shape index (κ3) is 14.7. The number of aliphatic hydroxyl groups excluding tert-OH is 1. The van der Waals surface area contributed by atoms with Gasteiger partial charge in [0.15, 0.2) is 5.69 Å². The van der Waals surface area contributed by atoms with Crippen LogP contribution < -0.4 is 32.3 Å². The summed E-state index contributed by atoms with van der Waals surface area (Å²) in [5, 5.41) is 40.0. The first-order valence-electron chi connectivity index (χ1n) is 19.0. The number of nitrogens with zero attached hydrogens (tertiary/aromatic N) is 2. The second-order valence-electron chi connectivity index (χ2n) is 15.3. The van der Waals surface area contributed by atoms with Crippen LogP contribution in [0.1, 0.15) is 79.4 Å². The zero-order chi connectivity index (χ0) is 43.2. The first kappa shape index (κ1) is 47.3. The van der Waals surface area contributed by atoms with E-state index < -0.39 is 78.2 Å². The van der Waals surface area contributed by atoms with E-state index in [1.165, 1.54) is 23.5 Å². The van der Waals surface area contributed by atoms with E-state index in [0.717, 1.165) is 13.0 Å². The smallest absolute Gasteiger partial charge is 0.274 e. The predicted molar refractivity (Wildman–Crippen MR) is 217 cm³/mol. The number of quaternary nitrogens is 1. The molecular weight excluding hydrogens is 792 g/mol. The van der Waals surface area contributed by atoms with E-state index in [4.69, 9.17) is 21.9 Å². The van der Waals surface area contributed by atoms with Gasteiger partial charge < -0.3 is 51.5 Å². The molecule has 3 rings (SSSR count). The molecule has 1 unspecified atom stereocenters. The fraction of sp³-hybridized carbons (Fsp3) is 0.513. The van der Waals surface area contributed by atoms with Crippen LogP contribution in [0, 0.1) is 12.8 Å². The first-order chi connectivity index (χ1) is 27.3. The molecule has 6 amide bonds. The molecule has 0 saturated carbocycles. The first-order valence-corrected chi connectivity index (χ1v) is 20.3. The molecule has 0 aliphatic carbocycles. The minimum absolute atomic E-state index is 0.0521. The van der Waals surface area contributed by atoms with Crippen LogP contribution in [-0.2, 0) is 30.4 Å². The molecule has 0 radical (unpaired) electrons. The minimum atomic E-state index is -1.37. The van der Waals surface area contributed by atoms with E-state index in [-0.39, 0.29) is 35.7 Å². The number of aromatic hydroxyl groups is 1. The number of aliphatic hydroxyl groups is 1. The average molecular weight is 848 g/mol. The number of nitrogens with one attached hydrogen (secondary N) is 5. The van der Waals surface area contributed by atoms with Gasteiger partial charge in [-0.3, -0.25) is 28.8 Å². The highest BCUT2D eigenvalue weighted by Crippen LogP contribution is 2.25. The van der Waals surface area contributed by atoms with Crippen LogP contribution in [0.25, 0.3) is 0 Å². The summed E-state index contributed by atoms with van der Waals surface area (Å²) < 4.78 is 5.71. The zero-order valence-electron chi connectivity index (χ0n) is 33.7. The SMILES string of the molecule is CC[C@H](C)C(NC(=O)[C@@H](NC(=O)[C@H](CCc1ccc(O)c(Cl)c1)NC(=O)c1cc(C)on1)c1ccsc1)C(=O)N[C@@H](CCCC[N+](C)(C)C)C(=O)N[C@@H](CO)C(N)=O. The van der Waals surface area contributed by atoms with Crippen molar-refractivity contribution in [1.82, 2.24) is 31.7 Å². The number of hydrogen-bond donors (Lipinski definition) is 8. The summed E-state index contributed by atoms with van der Waals surface area (Å²) in [5.41, 5.74) is 6.36. The maximum Gasteiger partial charge on any atom is 0.274 e. The van der Waals surface area contributed by atoms with Crippen LogP contribution in [0.5, 0.6) is 5.75 Å². The summed E-state index contributed by atoms with van der Waals surface area (Å²) in [7, 11) is 6.08. The summed E-state index contributed by atoms with van der Waals surface area (Å²) >= 11 is 7.38. The van der Waals surface area contributed by atoms with Crippen molar-refractivity contribution < 1.29 is 48.0 Å². The summed E-state index contributed by atoms with van der Waals surface area (Å²) in [6, 6.07) is 1.45. The normalized spacial score (nSPS) is 14.6. The lowest BCUT2D eigenvalue weighted by atomic mass is 9.96. The maximum absolute atomic E-state index is 14.2. The topological polar surface area (TPSA) is 255 Å². The molecule has 0 aliphatic rings. The molecule has 2 heterocycles. The van der Waals surface area contributed by atoms with E-state index in [9.17, 15) is 39.0 Å². The number of phenols is 1. The fourth-order valence-electron chi connectivity index (χ4n) is 5.86. The van der Waals surface area contributed by atoms with E-state index in [1.807, 2.05) is 28.1 Å². The molecule has 17 nitrogen and oxygen atoms in total. The lowest BCUT2D eigenvalue weighted by molar-refractivity contribution is -0.870. The van der Waals surface area contributed by atoms with Gasteiger partial charge in [0.1, 0.15) is 41.7 Å². The van der Waals surface area contributed by atoms with E-state index in [2.05, 4.69) is 31.7 Å². The number of amides is 6.